The van der Waals surface area contributed by atoms with Gasteiger partial charge in [0.15, 0.2) is 5.82 Å². The molecule has 1 aliphatic heterocycles. The molecule has 0 atom stereocenters. The third kappa shape index (κ3) is 3.07. The third-order valence-electron chi connectivity index (χ3n) is 4.97. The second-order valence-corrected chi connectivity index (χ2v) is 6.53. The van der Waals surface area contributed by atoms with Crippen molar-refractivity contribution in [2.75, 3.05) is 38.1 Å². The van der Waals surface area contributed by atoms with E-state index in [-0.39, 0.29) is 6.03 Å². The van der Waals surface area contributed by atoms with Gasteiger partial charge >= 0.3 is 6.03 Å². The lowest BCUT2D eigenvalue weighted by molar-refractivity contribution is 0.196. The largest absolute Gasteiger partial charge is 0.353 e. The molecule has 2 aromatic heterocycles. The first-order valence-corrected chi connectivity index (χ1v) is 8.87. The third-order valence-corrected chi connectivity index (χ3v) is 4.97. The Hall–Kier alpha value is -3.16. The minimum atomic E-state index is -0.402. The average molecular weight is 368 g/mol. The molecule has 0 bridgehead atoms. The number of halogens is 1. The van der Waals surface area contributed by atoms with E-state index < -0.39 is 5.82 Å². The van der Waals surface area contributed by atoms with Crippen LogP contribution in [0.4, 0.5) is 15.0 Å². The molecule has 0 aliphatic carbocycles. The Morgan fingerprint density at radius 1 is 1.19 bits per heavy atom. The number of urea groups is 1. The van der Waals surface area contributed by atoms with Gasteiger partial charge in [0.1, 0.15) is 11.6 Å². The van der Waals surface area contributed by atoms with E-state index >= 15 is 0 Å². The number of hydrogen-bond acceptors (Lipinski definition) is 4. The summed E-state index contributed by atoms with van der Waals surface area (Å²) in [6, 6.07) is 9.39. The molecule has 1 aromatic carbocycles. The van der Waals surface area contributed by atoms with Crippen LogP contribution in [0.2, 0.25) is 0 Å². The van der Waals surface area contributed by atoms with Crippen molar-refractivity contribution in [1.82, 2.24) is 24.8 Å². The highest BCUT2D eigenvalue weighted by atomic mass is 19.1. The minimum Gasteiger partial charge on any atom is -0.353 e. The number of hydrogen-bond donors (Lipinski definition) is 1. The van der Waals surface area contributed by atoms with Crippen LogP contribution < -0.4 is 10.2 Å². The van der Waals surface area contributed by atoms with E-state index in [0.717, 1.165) is 11.0 Å². The molecule has 2 amide bonds. The second kappa shape index (κ2) is 6.86. The molecule has 1 saturated heterocycles. The SMILES string of the molecule is CNC(=O)N1CCN(c2cc(-c3nc4ccccc4n3C)c(F)cn2)CC1. The zero-order valence-electron chi connectivity index (χ0n) is 15.3. The number of nitrogens with one attached hydrogen (secondary N) is 1. The van der Waals surface area contributed by atoms with Gasteiger partial charge in [0.05, 0.1) is 22.8 Å². The topological polar surface area (TPSA) is 66.3 Å². The molecule has 1 N–H and O–H groups in total. The number of nitrogens with zero attached hydrogens (tertiary/aromatic N) is 5. The summed E-state index contributed by atoms with van der Waals surface area (Å²) in [4.78, 5) is 24.4. The molecular formula is C19H21FN6O. The Morgan fingerprint density at radius 3 is 2.63 bits per heavy atom. The van der Waals surface area contributed by atoms with Crippen molar-refractivity contribution in [2.45, 2.75) is 0 Å². The van der Waals surface area contributed by atoms with Crippen LogP contribution in [0.5, 0.6) is 0 Å². The molecule has 0 radical (unpaired) electrons. The van der Waals surface area contributed by atoms with Gasteiger partial charge in [0.2, 0.25) is 0 Å². The number of piperazine rings is 1. The van der Waals surface area contributed by atoms with Crippen LogP contribution in [0.3, 0.4) is 0 Å². The summed E-state index contributed by atoms with van der Waals surface area (Å²) in [6.07, 6.45) is 1.25. The van der Waals surface area contributed by atoms with E-state index in [1.165, 1.54) is 6.20 Å². The smallest absolute Gasteiger partial charge is 0.317 e. The number of fused-ring (bicyclic) bond motifs is 1. The normalized spacial score (nSPS) is 14.6. The molecule has 1 aliphatic rings. The number of aryl methyl sites for hydroxylation is 1. The molecule has 0 saturated carbocycles. The molecule has 3 aromatic rings. The highest BCUT2D eigenvalue weighted by Crippen LogP contribution is 2.28. The maximum absolute atomic E-state index is 14.5. The summed E-state index contributed by atoms with van der Waals surface area (Å²) in [7, 11) is 3.51. The van der Waals surface area contributed by atoms with Crippen molar-refractivity contribution in [3.63, 3.8) is 0 Å². The summed E-state index contributed by atoms with van der Waals surface area (Å²) in [5, 5.41) is 2.64. The molecule has 4 rings (SSSR count). The quantitative estimate of drug-likeness (QED) is 0.753. The van der Waals surface area contributed by atoms with Crippen molar-refractivity contribution in [3.05, 3.63) is 42.3 Å². The van der Waals surface area contributed by atoms with Crippen LogP contribution >= 0.6 is 0 Å². The monoisotopic (exact) mass is 368 g/mol. The average Bonchev–Trinajstić information content (AvgIpc) is 3.04. The second-order valence-electron chi connectivity index (χ2n) is 6.53. The van der Waals surface area contributed by atoms with Gasteiger partial charge in [-0.25, -0.2) is 19.2 Å². The van der Waals surface area contributed by atoms with Crippen LogP contribution in [-0.4, -0.2) is 58.7 Å². The first-order chi connectivity index (χ1) is 13.1. The number of imidazole rings is 1. The molecule has 140 valence electrons. The van der Waals surface area contributed by atoms with Crippen molar-refractivity contribution >= 4 is 22.9 Å². The fourth-order valence-electron chi connectivity index (χ4n) is 3.46. The number of aromatic nitrogens is 3. The van der Waals surface area contributed by atoms with Crippen molar-refractivity contribution in [1.29, 1.82) is 0 Å². The predicted octanol–water partition coefficient (Wildman–Crippen LogP) is 2.24. The Kier molecular flexibility index (Phi) is 4.39. The minimum absolute atomic E-state index is 0.0814. The first kappa shape index (κ1) is 17.3. The summed E-state index contributed by atoms with van der Waals surface area (Å²) < 4.78 is 16.4. The van der Waals surface area contributed by atoms with E-state index in [1.807, 2.05) is 35.9 Å². The number of pyridine rings is 1. The van der Waals surface area contributed by atoms with Crippen LogP contribution in [0, 0.1) is 5.82 Å². The summed E-state index contributed by atoms with van der Waals surface area (Å²) in [5.41, 5.74) is 2.20. The van der Waals surface area contributed by atoms with Crippen molar-refractivity contribution in [2.24, 2.45) is 7.05 Å². The number of carbonyl (C=O) groups is 1. The van der Waals surface area contributed by atoms with Gasteiger partial charge in [-0.05, 0) is 18.2 Å². The van der Waals surface area contributed by atoms with Crippen LogP contribution in [0.1, 0.15) is 0 Å². The van der Waals surface area contributed by atoms with Gasteiger partial charge in [0, 0.05) is 40.3 Å². The fraction of sp³-hybridized carbons (Fsp3) is 0.316. The Bertz CT molecular complexity index is 993. The molecule has 0 unspecified atom stereocenters. The number of rotatable bonds is 2. The van der Waals surface area contributed by atoms with E-state index in [2.05, 4.69) is 20.2 Å². The Morgan fingerprint density at radius 2 is 1.93 bits per heavy atom. The summed E-state index contributed by atoms with van der Waals surface area (Å²) in [5.74, 6) is 0.859. The first-order valence-electron chi connectivity index (χ1n) is 8.87. The van der Waals surface area contributed by atoms with Gasteiger partial charge in [-0.1, -0.05) is 12.1 Å². The van der Waals surface area contributed by atoms with Gasteiger partial charge in [0.25, 0.3) is 0 Å². The molecule has 3 heterocycles. The highest BCUT2D eigenvalue weighted by Gasteiger charge is 2.23. The van der Waals surface area contributed by atoms with Crippen molar-refractivity contribution < 1.29 is 9.18 Å². The predicted molar refractivity (Wildman–Crippen MR) is 102 cm³/mol. The Balaban J connectivity index is 1.64. The molecule has 27 heavy (non-hydrogen) atoms. The number of para-hydroxylation sites is 2. The fourth-order valence-corrected chi connectivity index (χ4v) is 3.46. The number of amides is 2. The van der Waals surface area contributed by atoms with Crippen LogP contribution in [-0.2, 0) is 7.05 Å². The Labute approximate surface area is 156 Å². The lowest BCUT2D eigenvalue weighted by Crippen LogP contribution is -2.51. The standard InChI is InChI=1S/C19H21FN6O/c1-21-19(27)26-9-7-25(8-10-26)17-11-13(14(20)12-22-17)18-23-15-5-3-4-6-16(15)24(18)2/h3-6,11-12H,7-10H2,1-2H3,(H,21,27). The zero-order valence-corrected chi connectivity index (χ0v) is 15.3. The molecule has 7 nitrogen and oxygen atoms in total. The van der Waals surface area contributed by atoms with E-state index in [4.69, 9.17) is 0 Å². The molecular weight excluding hydrogens is 347 g/mol. The van der Waals surface area contributed by atoms with E-state index in [0.29, 0.717) is 43.4 Å². The number of anilines is 1. The van der Waals surface area contributed by atoms with Gasteiger partial charge in [-0.3, -0.25) is 0 Å². The molecule has 0 spiro atoms. The summed E-state index contributed by atoms with van der Waals surface area (Å²) >= 11 is 0. The van der Waals surface area contributed by atoms with Gasteiger partial charge < -0.3 is 19.7 Å². The van der Waals surface area contributed by atoms with Crippen LogP contribution in [0.25, 0.3) is 22.4 Å². The van der Waals surface area contributed by atoms with E-state index in [9.17, 15) is 9.18 Å². The lowest BCUT2D eigenvalue weighted by atomic mass is 10.2. The maximum atomic E-state index is 14.5. The highest BCUT2D eigenvalue weighted by molar-refractivity contribution is 5.81. The van der Waals surface area contributed by atoms with Gasteiger partial charge in [-0.15, -0.1) is 0 Å². The van der Waals surface area contributed by atoms with Gasteiger partial charge in [-0.2, -0.15) is 0 Å². The number of benzene rings is 1. The van der Waals surface area contributed by atoms with E-state index in [1.54, 1.807) is 18.0 Å². The maximum Gasteiger partial charge on any atom is 0.317 e. The summed E-state index contributed by atoms with van der Waals surface area (Å²) in [6.45, 7) is 2.49. The lowest BCUT2D eigenvalue weighted by Gasteiger charge is -2.35. The zero-order chi connectivity index (χ0) is 19.0. The van der Waals surface area contributed by atoms with Crippen LogP contribution in [0.15, 0.2) is 36.5 Å². The number of carbonyl (C=O) groups excluding carboxylic acids is 1. The van der Waals surface area contributed by atoms with Crippen molar-refractivity contribution in [3.8, 4) is 11.4 Å². The molecule has 1 fully saturated rings. The molecule has 8 heteroatoms.